The van der Waals surface area contributed by atoms with Gasteiger partial charge in [0.15, 0.2) is 11.8 Å². The van der Waals surface area contributed by atoms with Crippen LogP contribution in [-0.4, -0.2) is 51.7 Å². The molecule has 0 spiro atoms. The molecule has 1 atom stereocenters. The van der Waals surface area contributed by atoms with Gasteiger partial charge in [-0.25, -0.2) is 13.9 Å². The van der Waals surface area contributed by atoms with Crippen molar-refractivity contribution in [3.05, 3.63) is 47.5 Å². The van der Waals surface area contributed by atoms with Crippen molar-refractivity contribution in [3.63, 3.8) is 0 Å². The van der Waals surface area contributed by atoms with Gasteiger partial charge in [0.2, 0.25) is 0 Å². The standard InChI is InChI=1S/C14H15FN4O4/c1-23-12(14(21)22)6-16-13(20)11-8-19(18-17-11)7-9-3-2-4-10(15)5-9/h2-5,8,12H,6-7H2,1H3,(H,16,20)(H,21,22). The van der Waals surface area contributed by atoms with E-state index in [4.69, 9.17) is 9.84 Å². The molecule has 0 fully saturated rings. The van der Waals surface area contributed by atoms with Crippen molar-refractivity contribution in [1.82, 2.24) is 20.3 Å². The second-order valence-corrected chi connectivity index (χ2v) is 4.70. The summed E-state index contributed by atoms with van der Waals surface area (Å²) < 4.78 is 19.2. The van der Waals surface area contributed by atoms with Crippen molar-refractivity contribution in [2.75, 3.05) is 13.7 Å². The normalized spacial score (nSPS) is 11.9. The molecular formula is C14H15FN4O4. The van der Waals surface area contributed by atoms with Gasteiger partial charge >= 0.3 is 5.97 Å². The predicted octanol–water partition coefficient (Wildman–Crippen LogP) is 0.295. The molecule has 1 amide bonds. The Kier molecular flexibility index (Phi) is 5.36. The first-order chi connectivity index (χ1) is 11.0. The fraction of sp³-hybridized carbons (Fsp3) is 0.286. The number of rotatable bonds is 7. The van der Waals surface area contributed by atoms with Crippen LogP contribution in [0.15, 0.2) is 30.5 Å². The highest BCUT2D eigenvalue weighted by atomic mass is 19.1. The average molecular weight is 322 g/mol. The molecule has 0 aliphatic rings. The van der Waals surface area contributed by atoms with Gasteiger partial charge in [-0.05, 0) is 17.7 Å². The average Bonchev–Trinajstić information content (AvgIpc) is 2.96. The smallest absolute Gasteiger partial charge is 0.334 e. The van der Waals surface area contributed by atoms with Crippen molar-refractivity contribution in [3.8, 4) is 0 Å². The van der Waals surface area contributed by atoms with Crippen LogP contribution in [0.4, 0.5) is 4.39 Å². The molecule has 9 heteroatoms. The van der Waals surface area contributed by atoms with Gasteiger partial charge in [-0.2, -0.15) is 0 Å². The molecule has 0 saturated heterocycles. The van der Waals surface area contributed by atoms with E-state index in [1.54, 1.807) is 12.1 Å². The van der Waals surface area contributed by atoms with Crippen LogP contribution in [0.5, 0.6) is 0 Å². The summed E-state index contributed by atoms with van der Waals surface area (Å²) in [5.41, 5.74) is 0.703. The number of hydrogen-bond donors (Lipinski definition) is 2. The number of nitrogens with zero attached hydrogens (tertiary/aromatic N) is 3. The molecule has 8 nitrogen and oxygen atoms in total. The number of carbonyl (C=O) groups excluding carboxylic acids is 1. The lowest BCUT2D eigenvalue weighted by Gasteiger charge is -2.10. The van der Waals surface area contributed by atoms with E-state index < -0.39 is 18.0 Å². The Balaban J connectivity index is 1.95. The van der Waals surface area contributed by atoms with Crippen LogP contribution in [0.2, 0.25) is 0 Å². The van der Waals surface area contributed by atoms with Crippen molar-refractivity contribution in [2.24, 2.45) is 0 Å². The molecule has 1 aromatic heterocycles. The molecule has 23 heavy (non-hydrogen) atoms. The third kappa shape index (κ3) is 4.58. The van der Waals surface area contributed by atoms with E-state index in [9.17, 15) is 14.0 Å². The number of amides is 1. The summed E-state index contributed by atoms with van der Waals surface area (Å²) >= 11 is 0. The number of methoxy groups -OCH3 is 1. The van der Waals surface area contributed by atoms with E-state index >= 15 is 0 Å². The number of halogens is 1. The molecule has 0 saturated carbocycles. The van der Waals surface area contributed by atoms with Crippen LogP contribution in [0, 0.1) is 5.82 Å². The number of nitrogens with one attached hydrogen (secondary N) is 1. The third-order valence-electron chi connectivity index (χ3n) is 3.01. The number of ether oxygens (including phenoxy) is 1. The van der Waals surface area contributed by atoms with Gasteiger partial charge in [-0.15, -0.1) is 5.10 Å². The summed E-state index contributed by atoms with van der Waals surface area (Å²) in [5.74, 6) is -2.11. The molecule has 1 unspecified atom stereocenters. The Hall–Kier alpha value is -2.81. The molecule has 2 N–H and O–H groups in total. The third-order valence-corrected chi connectivity index (χ3v) is 3.01. The molecule has 2 rings (SSSR count). The van der Waals surface area contributed by atoms with E-state index in [1.807, 2.05) is 0 Å². The minimum atomic E-state index is -1.18. The van der Waals surface area contributed by atoms with Crippen LogP contribution >= 0.6 is 0 Å². The Bertz CT molecular complexity index is 704. The van der Waals surface area contributed by atoms with E-state index in [0.29, 0.717) is 5.56 Å². The maximum absolute atomic E-state index is 13.1. The Morgan fingerprint density at radius 3 is 2.91 bits per heavy atom. The quantitative estimate of drug-likeness (QED) is 0.759. The lowest BCUT2D eigenvalue weighted by molar-refractivity contribution is -0.148. The molecule has 0 aliphatic carbocycles. The number of carboxylic acids is 1. The summed E-state index contributed by atoms with van der Waals surface area (Å²) in [6.07, 6.45) is 0.254. The molecular weight excluding hydrogens is 307 g/mol. The van der Waals surface area contributed by atoms with Gasteiger partial charge in [0.25, 0.3) is 5.91 Å². The molecule has 0 aliphatic heterocycles. The van der Waals surface area contributed by atoms with Gasteiger partial charge in [-0.1, -0.05) is 17.3 Å². The minimum absolute atomic E-state index is 0.0293. The number of aromatic nitrogens is 3. The van der Waals surface area contributed by atoms with Crippen molar-refractivity contribution < 1.29 is 23.8 Å². The van der Waals surface area contributed by atoms with E-state index in [0.717, 1.165) is 0 Å². The first-order valence-electron chi connectivity index (χ1n) is 6.68. The predicted molar refractivity (Wildman–Crippen MR) is 76.3 cm³/mol. The number of carboxylic acid groups (broad SMARTS) is 1. The maximum atomic E-state index is 13.1. The van der Waals surface area contributed by atoms with E-state index in [1.165, 1.54) is 30.1 Å². The highest BCUT2D eigenvalue weighted by Crippen LogP contribution is 2.05. The van der Waals surface area contributed by atoms with Crippen LogP contribution in [0.3, 0.4) is 0 Å². The molecule has 2 aromatic rings. The summed E-state index contributed by atoms with van der Waals surface area (Å²) in [5, 5.41) is 18.7. The first kappa shape index (κ1) is 16.6. The largest absolute Gasteiger partial charge is 0.479 e. The van der Waals surface area contributed by atoms with Gasteiger partial charge in [0, 0.05) is 7.11 Å². The first-order valence-corrected chi connectivity index (χ1v) is 6.68. The second kappa shape index (κ2) is 7.45. The lowest BCUT2D eigenvalue weighted by atomic mass is 10.2. The van der Waals surface area contributed by atoms with E-state index in [2.05, 4.69) is 15.6 Å². The van der Waals surface area contributed by atoms with Gasteiger partial charge in [0.05, 0.1) is 19.3 Å². The summed E-state index contributed by atoms with van der Waals surface area (Å²) in [6.45, 7) is 0.0648. The van der Waals surface area contributed by atoms with Crippen LogP contribution in [0.25, 0.3) is 0 Å². The van der Waals surface area contributed by atoms with Crippen molar-refractivity contribution in [2.45, 2.75) is 12.6 Å². The molecule has 122 valence electrons. The number of benzene rings is 1. The van der Waals surface area contributed by atoms with Gasteiger partial charge < -0.3 is 15.2 Å². The summed E-state index contributed by atoms with van der Waals surface area (Å²) in [7, 11) is 1.24. The summed E-state index contributed by atoms with van der Waals surface area (Å²) in [4.78, 5) is 22.6. The van der Waals surface area contributed by atoms with Crippen LogP contribution < -0.4 is 5.32 Å². The highest BCUT2D eigenvalue weighted by molar-refractivity contribution is 5.92. The highest BCUT2D eigenvalue weighted by Gasteiger charge is 2.19. The molecule has 0 radical (unpaired) electrons. The molecule has 1 aromatic carbocycles. The zero-order chi connectivity index (χ0) is 16.8. The number of carbonyl (C=O) groups is 2. The Morgan fingerprint density at radius 2 is 2.26 bits per heavy atom. The minimum Gasteiger partial charge on any atom is -0.479 e. The fourth-order valence-electron chi connectivity index (χ4n) is 1.85. The van der Waals surface area contributed by atoms with E-state index in [-0.39, 0.29) is 24.6 Å². The van der Waals surface area contributed by atoms with Crippen LogP contribution in [-0.2, 0) is 16.1 Å². The van der Waals surface area contributed by atoms with Crippen molar-refractivity contribution >= 4 is 11.9 Å². The number of aliphatic carboxylic acids is 1. The topological polar surface area (TPSA) is 106 Å². The molecule has 1 heterocycles. The van der Waals surface area contributed by atoms with Crippen LogP contribution in [0.1, 0.15) is 16.1 Å². The second-order valence-electron chi connectivity index (χ2n) is 4.70. The zero-order valence-corrected chi connectivity index (χ0v) is 12.3. The van der Waals surface area contributed by atoms with Gasteiger partial charge in [-0.3, -0.25) is 4.79 Å². The maximum Gasteiger partial charge on any atom is 0.334 e. The SMILES string of the molecule is COC(CNC(=O)c1cn(Cc2cccc(F)c2)nn1)C(=O)O. The fourth-order valence-corrected chi connectivity index (χ4v) is 1.85. The lowest BCUT2D eigenvalue weighted by Crippen LogP contribution is -2.37. The number of hydrogen-bond acceptors (Lipinski definition) is 5. The molecule has 0 bridgehead atoms. The Labute approximate surface area is 130 Å². The zero-order valence-electron chi connectivity index (χ0n) is 12.3. The van der Waals surface area contributed by atoms with Gasteiger partial charge in [0.1, 0.15) is 5.82 Å². The monoisotopic (exact) mass is 322 g/mol. The summed E-state index contributed by atoms with van der Waals surface area (Å²) in [6, 6.07) is 5.99. The Morgan fingerprint density at radius 1 is 1.48 bits per heavy atom. The van der Waals surface area contributed by atoms with Crippen molar-refractivity contribution in [1.29, 1.82) is 0 Å².